The third kappa shape index (κ3) is 4.49. The molecule has 3 rings (SSSR count). The van der Waals surface area contributed by atoms with E-state index in [4.69, 9.17) is 11.6 Å². The first-order valence-corrected chi connectivity index (χ1v) is 9.47. The summed E-state index contributed by atoms with van der Waals surface area (Å²) in [4.78, 5) is 29.3. The van der Waals surface area contributed by atoms with E-state index in [0.29, 0.717) is 34.3 Å². The van der Waals surface area contributed by atoms with Gasteiger partial charge in [0, 0.05) is 29.4 Å². The summed E-state index contributed by atoms with van der Waals surface area (Å²) in [5.74, 6) is -0.195. The minimum absolute atomic E-state index is 0.262. The topological polar surface area (TPSA) is 71.1 Å². The molecule has 0 saturated carbocycles. The number of nitrogens with one attached hydrogen (secondary N) is 2. The fourth-order valence-electron chi connectivity index (χ4n) is 2.80. The molecule has 0 aliphatic rings. The molecule has 1 aromatic heterocycles. The molecule has 2 aromatic carbocycles. The molecule has 0 spiro atoms. The van der Waals surface area contributed by atoms with Crippen LogP contribution in [0.2, 0.25) is 5.02 Å². The number of anilines is 1. The Labute approximate surface area is 169 Å². The maximum Gasteiger partial charge on any atom is 0.255 e. The number of carbonyl (C=O) groups excluding carboxylic acids is 2. The lowest BCUT2D eigenvalue weighted by molar-refractivity contribution is 0.0948. The van der Waals surface area contributed by atoms with Crippen LogP contribution in [0.4, 0.5) is 5.69 Å². The summed E-state index contributed by atoms with van der Waals surface area (Å²) in [5, 5.41) is 6.94. The summed E-state index contributed by atoms with van der Waals surface area (Å²) in [6, 6.07) is 12.2. The number of hydrogen-bond acceptors (Lipinski definition) is 3. The first-order valence-electron chi connectivity index (χ1n) is 9.09. The van der Waals surface area contributed by atoms with Gasteiger partial charge in [-0.1, -0.05) is 25.4 Å². The fourth-order valence-corrected chi connectivity index (χ4v) is 3.00. The molecule has 3 aromatic rings. The van der Waals surface area contributed by atoms with E-state index in [1.807, 2.05) is 39.0 Å². The number of halogens is 1. The van der Waals surface area contributed by atoms with Crippen molar-refractivity contribution in [2.24, 2.45) is 5.92 Å². The summed E-state index contributed by atoms with van der Waals surface area (Å²) in [6.45, 7) is 6.56. The van der Waals surface area contributed by atoms with Crippen molar-refractivity contribution in [3.63, 3.8) is 0 Å². The van der Waals surface area contributed by atoms with E-state index in [9.17, 15) is 9.59 Å². The molecule has 0 aliphatic carbocycles. The molecule has 0 radical (unpaired) electrons. The van der Waals surface area contributed by atoms with Crippen molar-refractivity contribution in [2.75, 3.05) is 11.9 Å². The lowest BCUT2D eigenvalue weighted by atomic mass is 10.1. The predicted molar refractivity (Wildman–Crippen MR) is 113 cm³/mol. The van der Waals surface area contributed by atoms with E-state index in [2.05, 4.69) is 15.6 Å². The van der Waals surface area contributed by atoms with Gasteiger partial charge in [-0.05, 0) is 60.9 Å². The van der Waals surface area contributed by atoms with Crippen molar-refractivity contribution in [2.45, 2.75) is 20.8 Å². The first kappa shape index (κ1) is 19.8. The molecule has 0 unspecified atom stereocenters. The second-order valence-corrected chi connectivity index (χ2v) is 7.52. The molecule has 144 valence electrons. The number of carbonyl (C=O) groups is 2. The second-order valence-electron chi connectivity index (χ2n) is 7.11. The monoisotopic (exact) mass is 395 g/mol. The Balaban J connectivity index is 1.81. The lowest BCUT2D eigenvalue weighted by Gasteiger charge is -2.11. The Bertz CT molecular complexity index is 1050. The second kappa shape index (κ2) is 8.40. The zero-order valence-corrected chi connectivity index (χ0v) is 16.8. The number of aryl methyl sites for hydroxylation is 1. The largest absolute Gasteiger partial charge is 0.352 e. The third-order valence-electron chi connectivity index (χ3n) is 4.36. The maximum absolute atomic E-state index is 12.7. The summed E-state index contributed by atoms with van der Waals surface area (Å²) < 4.78 is 0. The molecule has 0 atom stereocenters. The van der Waals surface area contributed by atoms with Crippen LogP contribution in [0.3, 0.4) is 0 Å². The van der Waals surface area contributed by atoms with Gasteiger partial charge in [0.15, 0.2) is 0 Å². The highest BCUT2D eigenvalue weighted by Crippen LogP contribution is 2.22. The zero-order valence-electron chi connectivity index (χ0n) is 16.0. The van der Waals surface area contributed by atoms with E-state index in [1.54, 1.807) is 30.5 Å². The SMILES string of the molecule is Cc1ccnc2ccc(C(=O)Nc3ccc(Cl)c(C(=O)NCC(C)C)c3)cc12. The first-order chi connectivity index (χ1) is 13.3. The fraction of sp³-hybridized carbons (Fsp3) is 0.227. The Kier molecular flexibility index (Phi) is 5.95. The van der Waals surface area contributed by atoms with Crippen LogP contribution < -0.4 is 10.6 Å². The van der Waals surface area contributed by atoms with Gasteiger partial charge in [0.2, 0.25) is 0 Å². The van der Waals surface area contributed by atoms with Crippen LogP contribution in [0.5, 0.6) is 0 Å². The maximum atomic E-state index is 12.7. The summed E-state index contributed by atoms with van der Waals surface area (Å²) >= 11 is 6.16. The number of nitrogens with zero attached hydrogens (tertiary/aromatic N) is 1. The molecular formula is C22H22ClN3O2. The molecule has 0 fully saturated rings. The van der Waals surface area contributed by atoms with Gasteiger partial charge in [-0.3, -0.25) is 14.6 Å². The van der Waals surface area contributed by atoms with E-state index < -0.39 is 0 Å². The third-order valence-corrected chi connectivity index (χ3v) is 4.69. The van der Waals surface area contributed by atoms with E-state index in [1.165, 1.54) is 0 Å². The van der Waals surface area contributed by atoms with Crippen LogP contribution >= 0.6 is 11.6 Å². The molecule has 0 bridgehead atoms. The molecule has 28 heavy (non-hydrogen) atoms. The van der Waals surface area contributed by atoms with Gasteiger partial charge in [0.25, 0.3) is 11.8 Å². The highest BCUT2D eigenvalue weighted by Gasteiger charge is 2.14. The van der Waals surface area contributed by atoms with Gasteiger partial charge in [0.05, 0.1) is 16.1 Å². The molecular weight excluding hydrogens is 374 g/mol. The van der Waals surface area contributed by atoms with Crippen molar-refractivity contribution in [3.8, 4) is 0 Å². The normalized spacial score (nSPS) is 10.9. The van der Waals surface area contributed by atoms with Crippen molar-refractivity contribution in [1.82, 2.24) is 10.3 Å². The Hall–Kier alpha value is -2.92. The van der Waals surface area contributed by atoms with Crippen LogP contribution in [0.1, 0.15) is 40.1 Å². The number of benzene rings is 2. The molecule has 2 N–H and O–H groups in total. The lowest BCUT2D eigenvalue weighted by Crippen LogP contribution is -2.27. The van der Waals surface area contributed by atoms with Crippen LogP contribution in [0.15, 0.2) is 48.7 Å². The Morgan fingerprint density at radius 3 is 2.61 bits per heavy atom. The van der Waals surface area contributed by atoms with E-state index in [-0.39, 0.29) is 11.8 Å². The number of rotatable bonds is 5. The number of fused-ring (bicyclic) bond motifs is 1. The number of aromatic nitrogens is 1. The molecule has 0 aliphatic heterocycles. The van der Waals surface area contributed by atoms with Crippen molar-refractivity contribution >= 4 is 40.0 Å². The van der Waals surface area contributed by atoms with Gasteiger partial charge >= 0.3 is 0 Å². The van der Waals surface area contributed by atoms with Crippen molar-refractivity contribution < 1.29 is 9.59 Å². The summed E-state index contributed by atoms with van der Waals surface area (Å²) in [5.41, 5.74) is 3.25. The average Bonchev–Trinajstić information content (AvgIpc) is 2.67. The van der Waals surface area contributed by atoms with Gasteiger partial charge in [0.1, 0.15) is 0 Å². The number of pyridine rings is 1. The zero-order chi connectivity index (χ0) is 20.3. The highest BCUT2D eigenvalue weighted by atomic mass is 35.5. The van der Waals surface area contributed by atoms with Gasteiger partial charge in [-0.15, -0.1) is 0 Å². The Morgan fingerprint density at radius 1 is 1.07 bits per heavy atom. The van der Waals surface area contributed by atoms with E-state index in [0.717, 1.165) is 16.5 Å². The van der Waals surface area contributed by atoms with Crippen LogP contribution in [-0.2, 0) is 0 Å². The average molecular weight is 396 g/mol. The van der Waals surface area contributed by atoms with Crippen molar-refractivity contribution in [1.29, 1.82) is 0 Å². The smallest absolute Gasteiger partial charge is 0.255 e. The van der Waals surface area contributed by atoms with Crippen LogP contribution in [0.25, 0.3) is 10.9 Å². The molecule has 5 nitrogen and oxygen atoms in total. The highest BCUT2D eigenvalue weighted by molar-refractivity contribution is 6.34. The summed E-state index contributed by atoms with van der Waals surface area (Å²) in [7, 11) is 0. The molecule has 2 amide bonds. The standard InChI is InChI=1S/C22H22ClN3O2/c1-13(2)12-25-22(28)18-11-16(5-6-19(18)23)26-21(27)15-4-7-20-17(10-15)14(3)8-9-24-20/h4-11,13H,12H2,1-3H3,(H,25,28)(H,26,27). The van der Waals surface area contributed by atoms with Crippen LogP contribution in [-0.4, -0.2) is 23.3 Å². The number of hydrogen-bond donors (Lipinski definition) is 2. The minimum Gasteiger partial charge on any atom is -0.352 e. The van der Waals surface area contributed by atoms with E-state index >= 15 is 0 Å². The van der Waals surface area contributed by atoms with Crippen LogP contribution in [0, 0.1) is 12.8 Å². The van der Waals surface area contributed by atoms with Gasteiger partial charge < -0.3 is 10.6 Å². The summed E-state index contributed by atoms with van der Waals surface area (Å²) in [6.07, 6.45) is 1.75. The van der Waals surface area contributed by atoms with Crippen molar-refractivity contribution in [3.05, 3.63) is 70.4 Å². The molecule has 0 saturated heterocycles. The molecule has 1 heterocycles. The Morgan fingerprint density at radius 2 is 1.86 bits per heavy atom. The minimum atomic E-state index is -0.263. The predicted octanol–water partition coefficient (Wildman–Crippen LogP) is 4.83. The van der Waals surface area contributed by atoms with Gasteiger partial charge in [-0.25, -0.2) is 0 Å². The van der Waals surface area contributed by atoms with Gasteiger partial charge in [-0.2, -0.15) is 0 Å². The number of amides is 2. The quantitative estimate of drug-likeness (QED) is 0.649. The molecule has 6 heteroatoms.